The van der Waals surface area contributed by atoms with E-state index in [9.17, 15) is 0 Å². The fourth-order valence-electron chi connectivity index (χ4n) is 2.00. The molecule has 2 aromatic rings. The molecule has 0 N–H and O–H groups in total. The van der Waals surface area contributed by atoms with Gasteiger partial charge in [0.15, 0.2) is 5.82 Å². The van der Waals surface area contributed by atoms with Crippen molar-refractivity contribution in [3.05, 3.63) is 28.8 Å². The van der Waals surface area contributed by atoms with Crippen molar-refractivity contribution < 1.29 is 9.26 Å². The maximum Gasteiger partial charge on any atom is 0.259 e. The number of rotatable bonds is 2. The Balaban J connectivity index is 1.84. The number of hydrogen-bond acceptors (Lipinski definition) is 5. The van der Waals surface area contributed by atoms with Crippen LogP contribution in [0.4, 0.5) is 0 Å². The van der Waals surface area contributed by atoms with E-state index < -0.39 is 0 Å². The van der Waals surface area contributed by atoms with Crippen molar-refractivity contribution in [3.63, 3.8) is 0 Å². The summed E-state index contributed by atoms with van der Waals surface area (Å²) in [6.07, 6.45) is 5.34. The van der Waals surface area contributed by atoms with Crippen molar-refractivity contribution in [2.45, 2.75) is 18.8 Å². The zero-order chi connectivity index (χ0) is 12.4. The second-order valence-corrected chi connectivity index (χ2v) is 5.15. The quantitative estimate of drug-likeness (QED) is 0.853. The minimum Gasteiger partial charge on any atom is -0.381 e. The van der Waals surface area contributed by atoms with E-state index >= 15 is 0 Å². The van der Waals surface area contributed by atoms with Gasteiger partial charge in [-0.05, 0) is 34.8 Å². The third kappa shape index (κ3) is 2.44. The Hall–Kier alpha value is -1.27. The molecule has 0 radical (unpaired) electrons. The highest BCUT2D eigenvalue weighted by Crippen LogP contribution is 2.27. The van der Waals surface area contributed by atoms with E-state index in [4.69, 9.17) is 9.26 Å². The van der Waals surface area contributed by atoms with Gasteiger partial charge in [0, 0.05) is 36.0 Å². The van der Waals surface area contributed by atoms with Gasteiger partial charge < -0.3 is 9.26 Å². The summed E-state index contributed by atoms with van der Waals surface area (Å²) >= 11 is 3.37. The Labute approximate surface area is 113 Å². The Morgan fingerprint density at radius 3 is 2.83 bits per heavy atom. The van der Waals surface area contributed by atoms with Gasteiger partial charge in [0.2, 0.25) is 0 Å². The molecular weight excluding hydrogens is 298 g/mol. The molecule has 0 atom stereocenters. The van der Waals surface area contributed by atoms with Crippen LogP contribution in [-0.4, -0.2) is 28.3 Å². The number of aromatic nitrogens is 3. The van der Waals surface area contributed by atoms with Gasteiger partial charge in [0.25, 0.3) is 5.89 Å². The van der Waals surface area contributed by atoms with Gasteiger partial charge in [0.05, 0.1) is 5.56 Å². The molecule has 1 saturated heterocycles. The van der Waals surface area contributed by atoms with Gasteiger partial charge in [-0.15, -0.1) is 0 Å². The van der Waals surface area contributed by atoms with Crippen LogP contribution in [0.25, 0.3) is 11.5 Å². The minimum absolute atomic E-state index is 0.344. The first kappa shape index (κ1) is 11.8. The summed E-state index contributed by atoms with van der Waals surface area (Å²) in [5, 5.41) is 4.06. The normalized spacial score (nSPS) is 16.9. The average molecular weight is 310 g/mol. The van der Waals surface area contributed by atoms with Crippen LogP contribution >= 0.6 is 15.9 Å². The fraction of sp³-hybridized carbons (Fsp3) is 0.417. The van der Waals surface area contributed by atoms with E-state index in [0.29, 0.717) is 11.8 Å². The van der Waals surface area contributed by atoms with Crippen LogP contribution in [0.2, 0.25) is 0 Å². The van der Waals surface area contributed by atoms with Crippen molar-refractivity contribution in [1.29, 1.82) is 0 Å². The molecule has 3 heterocycles. The van der Waals surface area contributed by atoms with E-state index in [2.05, 4.69) is 31.1 Å². The van der Waals surface area contributed by atoms with E-state index in [0.717, 1.165) is 41.9 Å². The summed E-state index contributed by atoms with van der Waals surface area (Å²) in [5.41, 5.74) is 0.829. The van der Waals surface area contributed by atoms with Crippen LogP contribution in [0.15, 0.2) is 27.5 Å². The predicted molar refractivity (Wildman–Crippen MR) is 68.0 cm³/mol. The first-order chi connectivity index (χ1) is 8.83. The van der Waals surface area contributed by atoms with E-state index in [1.54, 1.807) is 12.4 Å². The fourth-order valence-corrected chi connectivity index (χ4v) is 2.37. The monoisotopic (exact) mass is 309 g/mol. The van der Waals surface area contributed by atoms with Crippen LogP contribution in [-0.2, 0) is 4.74 Å². The van der Waals surface area contributed by atoms with Crippen LogP contribution in [0.1, 0.15) is 24.6 Å². The number of halogens is 1. The summed E-state index contributed by atoms with van der Waals surface area (Å²) in [6, 6.07) is 1.91. The molecule has 0 unspecified atom stereocenters. The molecule has 1 aliphatic rings. The van der Waals surface area contributed by atoms with Crippen LogP contribution < -0.4 is 0 Å². The average Bonchev–Trinajstić information content (AvgIpc) is 2.89. The second-order valence-electron chi connectivity index (χ2n) is 4.24. The Kier molecular flexibility index (Phi) is 3.38. The summed E-state index contributed by atoms with van der Waals surface area (Å²) in [6.45, 7) is 1.54. The lowest BCUT2D eigenvalue weighted by molar-refractivity contribution is 0.0830. The van der Waals surface area contributed by atoms with Crippen LogP contribution in [0, 0.1) is 0 Å². The van der Waals surface area contributed by atoms with Gasteiger partial charge in [-0.2, -0.15) is 4.98 Å². The minimum atomic E-state index is 0.344. The Morgan fingerprint density at radius 2 is 2.06 bits per heavy atom. The van der Waals surface area contributed by atoms with E-state index in [1.165, 1.54) is 0 Å². The highest BCUT2D eigenvalue weighted by molar-refractivity contribution is 9.10. The molecule has 0 aromatic carbocycles. The first-order valence-electron chi connectivity index (χ1n) is 5.85. The summed E-state index contributed by atoms with van der Waals surface area (Å²) in [4.78, 5) is 8.54. The smallest absolute Gasteiger partial charge is 0.259 e. The highest BCUT2D eigenvalue weighted by Gasteiger charge is 2.21. The molecular formula is C12H12BrN3O2. The molecule has 5 nitrogen and oxygen atoms in total. The largest absolute Gasteiger partial charge is 0.381 e. The van der Waals surface area contributed by atoms with Gasteiger partial charge in [0.1, 0.15) is 0 Å². The van der Waals surface area contributed by atoms with Gasteiger partial charge in [-0.3, -0.25) is 4.98 Å². The van der Waals surface area contributed by atoms with Crippen LogP contribution in [0.5, 0.6) is 0 Å². The third-order valence-corrected chi connectivity index (χ3v) is 3.41. The predicted octanol–water partition coefficient (Wildman–Crippen LogP) is 2.79. The lowest BCUT2D eigenvalue weighted by atomic mass is 10.00. The molecule has 0 saturated carbocycles. The molecule has 6 heteroatoms. The molecule has 0 amide bonds. The van der Waals surface area contributed by atoms with E-state index in [1.807, 2.05) is 6.07 Å². The number of hydrogen-bond donors (Lipinski definition) is 0. The topological polar surface area (TPSA) is 61.0 Å². The third-order valence-electron chi connectivity index (χ3n) is 2.98. The maximum atomic E-state index is 5.33. The number of nitrogens with zero attached hydrogens (tertiary/aromatic N) is 3. The van der Waals surface area contributed by atoms with Gasteiger partial charge in [-0.25, -0.2) is 0 Å². The summed E-state index contributed by atoms with van der Waals surface area (Å²) in [5.74, 6) is 1.63. The number of ether oxygens (including phenoxy) is 1. The van der Waals surface area contributed by atoms with Gasteiger partial charge in [-0.1, -0.05) is 5.16 Å². The molecule has 2 aromatic heterocycles. The number of pyridine rings is 1. The summed E-state index contributed by atoms with van der Waals surface area (Å²) < 4.78 is 11.5. The lowest BCUT2D eigenvalue weighted by Crippen LogP contribution is -2.15. The van der Waals surface area contributed by atoms with E-state index in [-0.39, 0.29) is 0 Å². The molecule has 0 aliphatic carbocycles. The Morgan fingerprint density at radius 1 is 1.22 bits per heavy atom. The van der Waals surface area contributed by atoms with Crippen molar-refractivity contribution in [2.75, 3.05) is 13.2 Å². The second kappa shape index (κ2) is 5.16. The SMILES string of the molecule is Brc1cncc(-c2nc(C3CCOCC3)no2)c1. The maximum absolute atomic E-state index is 5.33. The standard InChI is InChI=1S/C12H12BrN3O2/c13-10-5-9(6-14-7-10)12-15-11(16-18-12)8-1-3-17-4-2-8/h5-8H,1-4H2. The molecule has 1 aliphatic heterocycles. The van der Waals surface area contributed by atoms with Crippen molar-refractivity contribution >= 4 is 15.9 Å². The Bertz CT molecular complexity index is 538. The molecule has 0 spiro atoms. The molecule has 94 valence electrons. The molecule has 3 rings (SSSR count). The molecule has 0 bridgehead atoms. The van der Waals surface area contributed by atoms with Crippen molar-refractivity contribution in [3.8, 4) is 11.5 Å². The lowest BCUT2D eigenvalue weighted by Gasteiger charge is -2.18. The highest BCUT2D eigenvalue weighted by atomic mass is 79.9. The van der Waals surface area contributed by atoms with Gasteiger partial charge >= 0.3 is 0 Å². The van der Waals surface area contributed by atoms with Crippen molar-refractivity contribution in [1.82, 2.24) is 15.1 Å². The molecule has 18 heavy (non-hydrogen) atoms. The van der Waals surface area contributed by atoms with Crippen LogP contribution in [0.3, 0.4) is 0 Å². The zero-order valence-electron chi connectivity index (χ0n) is 9.67. The summed E-state index contributed by atoms with van der Waals surface area (Å²) in [7, 11) is 0. The zero-order valence-corrected chi connectivity index (χ0v) is 11.3. The van der Waals surface area contributed by atoms with Crippen molar-refractivity contribution in [2.24, 2.45) is 0 Å². The first-order valence-corrected chi connectivity index (χ1v) is 6.64. The molecule has 1 fully saturated rings.